The number of fused-ring (bicyclic) bond motifs is 1. The number of amides is 3. The lowest BCUT2D eigenvalue weighted by molar-refractivity contribution is -0.136. The lowest BCUT2D eigenvalue weighted by Gasteiger charge is -2.32. The van der Waals surface area contributed by atoms with Gasteiger partial charge in [0.2, 0.25) is 21.8 Å². The smallest absolute Gasteiger partial charge is 0.255 e. The molecule has 3 aliphatic rings. The highest BCUT2D eigenvalue weighted by atomic mass is 32.2. The molecule has 0 aromatic heterocycles. The summed E-state index contributed by atoms with van der Waals surface area (Å²) in [7, 11) is -3.32. The normalized spacial score (nSPS) is 23.1. The van der Waals surface area contributed by atoms with E-state index in [1.54, 1.807) is 6.07 Å². The maximum absolute atomic E-state index is 15.0. The number of nitrogens with one attached hydrogen (secondary N) is 1. The van der Waals surface area contributed by atoms with Gasteiger partial charge in [-0.05, 0) is 48.3 Å². The van der Waals surface area contributed by atoms with E-state index in [2.05, 4.69) is 5.32 Å². The first kappa shape index (κ1) is 22.8. The van der Waals surface area contributed by atoms with Crippen LogP contribution in [-0.4, -0.2) is 60.2 Å². The van der Waals surface area contributed by atoms with Crippen molar-refractivity contribution in [1.82, 2.24) is 14.5 Å². The van der Waals surface area contributed by atoms with Gasteiger partial charge in [0.1, 0.15) is 11.9 Å². The Labute approximate surface area is 187 Å². The number of carbonyl (C=O) groups excluding carboxylic acids is 3. The molecular weight excluding hydrogens is 437 g/mol. The van der Waals surface area contributed by atoms with Crippen LogP contribution >= 0.6 is 0 Å². The molecule has 1 atom stereocenters. The Morgan fingerprint density at radius 1 is 1.12 bits per heavy atom. The van der Waals surface area contributed by atoms with Crippen molar-refractivity contribution in [1.29, 1.82) is 0 Å². The van der Waals surface area contributed by atoms with Crippen LogP contribution in [0.15, 0.2) is 12.1 Å². The van der Waals surface area contributed by atoms with E-state index in [9.17, 15) is 27.2 Å². The SMILES string of the molecule is CC(C)CS(=O)(=O)N1CCC(c2cc3c(cc2F)C(=O)N(C2CCC(=O)NC2=O)C3)CC1. The molecule has 0 aliphatic carbocycles. The number of sulfonamides is 1. The molecule has 0 bridgehead atoms. The Hall–Kier alpha value is -2.33. The molecule has 3 amide bonds. The van der Waals surface area contributed by atoms with Gasteiger partial charge < -0.3 is 4.90 Å². The van der Waals surface area contributed by atoms with Crippen LogP contribution in [0.5, 0.6) is 0 Å². The van der Waals surface area contributed by atoms with Crippen molar-refractivity contribution in [2.75, 3.05) is 18.8 Å². The Balaban J connectivity index is 1.49. The van der Waals surface area contributed by atoms with Crippen LogP contribution in [0, 0.1) is 11.7 Å². The van der Waals surface area contributed by atoms with Gasteiger partial charge in [-0.2, -0.15) is 0 Å². The van der Waals surface area contributed by atoms with Gasteiger partial charge in [0.25, 0.3) is 5.91 Å². The molecule has 4 rings (SSSR count). The predicted molar refractivity (Wildman–Crippen MR) is 115 cm³/mol. The molecule has 10 heteroatoms. The third kappa shape index (κ3) is 4.30. The fourth-order valence-electron chi connectivity index (χ4n) is 4.89. The van der Waals surface area contributed by atoms with Crippen molar-refractivity contribution in [2.45, 2.75) is 58.0 Å². The monoisotopic (exact) mass is 465 g/mol. The van der Waals surface area contributed by atoms with Crippen molar-refractivity contribution < 1.29 is 27.2 Å². The molecule has 1 aromatic carbocycles. The summed E-state index contributed by atoms with van der Waals surface area (Å²) in [5.41, 5.74) is 1.39. The predicted octanol–water partition coefficient (Wildman–Crippen LogP) is 1.75. The van der Waals surface area contributed by atoms with Crippen LogP contribution in [0.1, 0.15) is 66.9 Å². The summed E-state index contributed by atoms with van der Waals surface area (Å²) in [6, 6.07) is 2.19. The van der Waals surface area contributed by atoms with Crippen molar-refractivity contribution in [3.63, 3.8) is 0 Å². The number of nitrogens with zero attached hydrogens (tertiary/aromatic N) is 2. The highest BCUT2D eigenvalue weighted by molar-refractivity contribution is 7.89. The lowest BCUT2D eigenvalue weighted by Crippen LogP contribution is -2.52. The van der Waals surface area contributed by atoms with E-state index in [0.29, 0.717) is 37.1 Å². The second-order valence-electron chi connectivity index (χ2n) is 9.28. The van der Waals surface area contributed by atoms with Crippen LogP contribution in [0.4, 0.5) is 4.39 Å². The minimum absolute atomic E-state index is 0.0386. The lowest BCUT2D eigenvalue weighted by atomic mass is 9.88. The first-order valence-corrected chi connectivity index (χ1v) is 12.6. The fourth-order valence-corrected chi connectivity index (χ4v) is 6.71. The number of hydrogen-bond acceptors (Lipinski definition) is 5. The average Bonchev–Trinajstić information content (AvgIpc) is 3.02. The van der Waals surface area contributed by atoms with Crippen LogP contribution in [0.3, 0.4) is 0 Å². The average molecular weight is 466 g/mol. The fraction of sp³-hybridized carbons (Fsp3) is 0.591. The van der Waals surface area contributed by atoms with Crippen molar-refractivity contribution in [3.05, 3.63) is 34.6 Å². The first-order chi connectivity index (χ1) is 15.1. The summed E-state index contributed by atoms with van der Waals surface area (Å²) < 4.78 is 41.4. The standard InChI is InChI=1S/C22H28FN3O5S/c1-13(2)12-32(30,31)25-7-5-14(6-8-25)16-9-15-11-26(22(29)17(15)10-18(16)23)19-3-4-20(27)24-21(19)28/h9-10,13-14,19H,3-8,11-12H2,1-2H3,(H,24,27,28). The van der Waals surface area contributed by atoms with Gasteiger partial charge in [0.15, 0.2) is 0 Å². The summed E-state index contributed by atoms with van der Waals surface area (Å²) in [5, 5.41) is 2.26. The van der Waals surface area contributed by atoms with Crippen LogP contribution < -0.4 is 5.32 Å². The second kappa shape index (κ2) is 8.55. The van der Waals surface area contributed by atoms with Crippen LogP contribution in [0.25, 0.3) is 0 Å². The molecule has 3 aliphatic heterocycles. The summed E-state index contributed by atoms with van der Waals surface area (Å²) in [6.45, 7) is 4.61. The van der Waals surface area contributed by atoms with Gasteiger partial charge in [0, 0.05) is 31.6 Å². The van der Waals surface area contributed by atoms with Crippen molar-refractivity contribution >= 4 is 27.7 Å². The molecule has 8 nitrogen and oxygen atoms in total. The van der Waals surface area contributed by atoms with Gasteiger partial charge in [-0.15, -0.1) is 0 Å². The third-order valence-electron chi connectivity index (χ3n) is 6.47. The highest BCUT2D eigenvalue weighted by Crippen LogP contribution is 2.36. The molecule has 2 saturated heterocycles. The van der Waals surface area contributed by atoms with Gasteiger partial charge in [0.05, 0.1) is 5.75 Å². The largest absolute Gasteiger partial charge is 0.322 e. The molecule has 3 heterocycles. The maximum atomic E-state index is 15.0. The van der Waals surface area contributed by atoms with Crippen molar-refractivity contribution in [2.24, 2.45) is 5.92 Å². The van der Waals surface area contributed by atoms with Gasteiger partial charge >= 0.3 is 0 Å². The van der Waals surface area contributed by atoms with E-state index >= 15 is 0 Å². The van der Waals surface area contributed by atoms with Gasteiger partial charge in [-0.25, -0.2) is 17.1 Å². The summed E-state index contributed by atoms with van der Waals surface area (Å²) in [6.07, 6.45) is 1.44. The Bertz CT molecular complexity index is 1060. The molecule has 0 radical (unpaired) electrons. The molecule has 1 unspecified atom stereocenters. The highest BCUT2D eigenvalue weighted by Gasteiger charge is 2.40. The number of hydrogen-bond donors (Lipinski definition) is 1. The number of benzene rings is 1. The number of piperidine rings is 2. The number of carbonyl (C=O) groups is 3. The quantitative estimate of drug-likeness (QED) is 0.668. The molecule has 0 spiro atoms. The minimum atomic E-state index is -3.32. The third-order valence-corrected chi connectivity index (χ3v) is 8.71. The molecule has 1 N–H and O–H groups in total. The van der Waals surface area contributed by atoms with Crippen LogP contribution in [-0.2, 0) is 26.2 Å². The van der Waals surface area contributed by atoms with E-state index in [0.717, 1.165) is 0 Å². The zero-order valence-corrected chi connectivity index (χ0v) is 19.1. The number of halogens is 1. The molecule has 174 valence electrons. The number of imide groups is 1. The Morgan fingerprint density at radius 3 is 2.44 bits per heavy atom. The van der Waals surface area contributed by atoms with Gasteiger partial charge in [-0.3, -0.25) is 19.7 Å². The van der Waals surface area contributed by atoms with E-state index in [4.69, 9.17) is 0 Å². The second-order valence-corrected chi connectivity index (χ2v) is 11.3. The van der Waals surface area contributed by atoms with E-state index in [1.165, 1.54) is 15.3 Å². The topological polar surface area (TPSA) is 104 Å². The molecule has 2 fully saturated rings. The Kier molecular flexibility index (Phi) is 6.10. The zero-order chi connectivity index (χ0) is 23.2. The Morgan fingerprint density at radius 2 is 1.81 bits per heavy atom. The minimum Gasteiger partial charge on any atom is -0.322 e. The number of rotatable bonds is 5. The maximum Gasteiger partial charge on any atom is 0.255 e. The van der Waals surface area contributed by atoms with E-state index < -0.39 is 33.7 Å². The van der Waals surface area contributed by atoms with E-state index in [1.807, 2.05) is 13.8 Å². The van der Waals surface area contributed by atoms with Crippen molar-refractivity contribution in [3.8, 4) is 0 Å². The van der Waals surface area contributed by atoms with Crippen LogP contribution in [0.2, 0.25) is 0 Å². The molecule has 0 saturated carbocycles. The first-order valence-electron chi connectivity index (χ1n) is 11.0. The molecule has 32 heavy (non-hydrogen) atoms. The van der Waals surface area contributed by atoms with E-state index in [-0.39, 0.29) is 48.4 Å². The zero-order valence-electron chi connectivity index (χ0n) is 18.3. The summed E-state index contributed by atoms with van der Waals surface area (Å²) >= 11 is 0. The molecule has 1 aromatic rings. The summed E-state index contributed by atoms with van der Waals surface area (Å²) in [4.78, 5) is 37.8. The molecular formula is C22H28FN3O5S. The van der Waals surface area contributed by atoms with Gasteiger partial charge in [-0.1, -0.05) is 19.9 Å². The summed E-state index contributed by atoms with van der Waals surface area (Å²) in [5.74, 6) is -1.74.